The number of aromatic nitrogens is 2. The summed E-state index contributed by atoms with van der Waals surface area (Å²) in [6.45, 7) is 6.49. The summed E-state index contributed by atoms with van der Waals surface area (Å²) >= 11 is 0. The van der Waals surface area contributed by atoms with Gasteiger partial charge in [-0.1, -0.05) is 30.3 Å². The van der Waals surface area contributed by atoms with Gasteiger partial charge in [0.2, 0.25) is 0 Å². The van der Waals surface area contributed by atoms with Crippen molar-refractivity contribution in [1.82, 2.24) is 14.9 Å². The maximum absolute atomic E-state index is 4.39. The van der Waals surface area contributed by atoms with Gasteiger partial charge in [0, 0.05) is 37.9 Å². The van der Waals surface area contributed by atoms with Crippen LogP contribution in [0.5, 0.6) is 0 Å². The van der Waals surface area contributed by atoms with E-state index in [1.165, 1.54) is 18.5 Å². The Bertz CT molecular complexity index is 634. The molecule has 21 heavy (non-hydrogen) atoms. The van der Waals surface area contributed by atoms with E-state index in [9.17, 15) is 0 Å². The molecular weight excluding hydrogens is 260 g/mol. The van der Waals surface area contributed by atoms with Gasteiger partial charge in [-0.3, -0.25) is 4.90 Å². The Morgan fingerprint density at radius 2 is 1.95 bits per heavy atom. The number of nitrogens with zero attached hydrogens (tertiary/aromatic N) is 4. The van der Waals surface area contributed by atoms with Crippen LogP contribution in [0.4, 0.5) is 5.82 Å². The van der Waals surface area contributed by atoms with Gasteiger partial charge in [-0.25, -0.2) is 9.97 Å². The molecule has 4 rings (SSSR count). The Labute approximate surface area is 125 Å². The van der Waals surface area contributed by atoms with Crippen LogP contribution in [0.2, 0.25) is 0 Å². The molecule has 0 atom stereocenters. The molecule has 108 valence electrons. The Hall–Kier alpha value is -1.94. The molecule has 0 amide bonds. The van der Waals surface area contributed by atoms with E-state index in [0.717, 1.165) is 31.1 Å². The molecule has 2 aromatic rings. The fraction of sp³-hybridized carbons (Fsp3) is 0.412. The molecule has 2 aliphatic heterocycles. The van der Waals surface area contributed by atoms with E-state index in [4.69, 9.17) is 0 Å². The minimum Gasteiger partial charge on any atom is -0.353 e. The highest BCUT2D eigenvalue weighted by Crippen LogP contribution is 2.41. The quantitative estimate of drug-likeness (QED) is 0.863. The second-order valence-electron chi connectivity index (χ2n) is 6.26. The first-order valence-electron chi connectivity index (χ1n) is 7.58. The minimum absolute atomic E-state index is 0.384. The highest BCUT2D eigenvalue weighted by atomic mass is 15.4. The van der Waals surface area contributed by atoms with Crippen molar-refractivity contribution in [2.45, 2.75) is 25.4 Å². The SMILES string of the molecule is Cc1cc(N2CC3(CCN3Cc3ccccc3)C2)ncn1. The Kier molecular flexibility index (Phi) is 2.93. The zero-order valence-corrected chi connectivity index (χ0v) is 12.4. The van der Waals surface area contributed by atoms with Gasteiger partial charge in [0.25, 0.3) is 0 Å². The van der Waals surface area contributed by atoms with Crippen LogP contribution in [-0.4, -0.2) is 40.0 Å². The van der Waals surface area contributed by atoms with Crippen molar-refractivity contribution in [3.05, 3.63) is 54.0 Å². The van der Waals surface area contributed by atoms with Crippen LogP contribution in [0.1, 0.15) is 17.7 Å². The second-order valence-corrected chi connectivity index (χ2v) is 6.26. The van der Waals surface area contributed by atoms with Crippen molar-refractivity contribution >= 4 is 5.82 Å². The molecule has 2 aliphatic rings. The monoisotopic (exact) mass is 280 g/mol. The van der Waals surface area contributed by atoms with Crippen LogP contribution in [-0.2, 0) is 6.54 Å². The van der Waals surface area contributed by atoms with Crippen LogP contribution in [0.25, 0.3) is 0 Å². The highest BCUT2D eigenvalue weighted by molar-refractivity contribution is 5.46. The lowest BCUT2D eigenvalue weighted by Crippen LogP contribution is -2.76. The number of benzene rings is 1. The zero-order chi connectivity index (χ0) is 14.3. The van der Waals surface area contributed by atoms with E-state index in [1.807, 2.05) is 6.92 Å². The third-order valence-electron chi connectivity index (χ3n) is 4.82. The van der Waals surface area contributed by atoms with Crippen LogP contribution in [0.3, 0.4) is 0 Å². The lowest BCUT2D eigenvalue weighted by Gasteiger charge is -2.63. The molecule has 4 nitrogen and oxygen atoms in total. The van der Waals surface area contributed by atoms with E-state index in [1.54, 1.807) is 6.33 Å². The standard InChI is InChI=1S/C17H20N4/c1-14-9-16(19-13-18-14)20-11-17(12-20)7-8-21(17)10-15-5-3-2-4-6-15/h2-6,9,13H,7-8,10-12H2,1H3. The Balaban J connectivity index is 1.42. The van der Waals surface area contributed by atoms with Crippen LogP contribution < -0.4 is 4.90 Å². The molecular formula is C17H20N4. The molecule has 0 aliphatic carbocycles. The maximum atomic E-state index is 4.39. The lowest BCUT2D eigenvalue weighted by molar-refractivity contribution is -0.0434. The fourth-order valence-electron chi connectivity index (χ4n) is 3.43. The fourth-order valence-corrected chi connectivity index (χ4v) is 3.43. The molecule has 0 radical (unpaired) electrons. The first-order chi connectivity index (χ1) is 10.3. The number of aryl methyl sites for hydroxylation is 1. The zero-order valence-electron chi connectivity index (χ0n) is 12.4. The van der Waals surface area contributed by atoms with Gasteiger partial charge in [0.05, 0.1) is 5.54 Å². The lowest BCUT2D eigenvalue weighted by atomic mass is 9.77. The van der Waals surface area contributed by atoms with Crippen molar-refractivity contribution in [3.8, 4) is 0 Å². The van der Waals surface area contributed by atoms with Gasteiger partial charge >= 0.3 is 0 Å². The third-order valence-corrected chi connectivity index (χ3v) is 4.82. The predicted octanol–water partition coefficient (Wildman–Crippen LogP) is 2.25. The third kappa shape index (κ3) is 2.20. The summed E-state index contributed by atoms with van der Waals surface area (Å²) in [5.74, 6) is 1.07. The molecule has 0 saturated carbocycles. The van der Waals surface area contributed by atoms with Crippen LogP contribution in [0, 0.1) is 6.92 Å². The summed E-state index contributed by atoms with van der Waals surface area (Å²) in [6, 6.07) is 12.8. The van der Waals surface area contributed by atoms with E-state index < -0.39 is 0 Å². The summed E-state index contributed by atoms with van der Waals surface area (Å²) < 4.78 is 0. The van der Waals surface area contributed by atoms with Crippen LogP contribution in [0.15, 0.2) is 42.7 Å². The average Bonchev–Trinajstić information content (AvgIpc) is 2.44. The predicted molar refractivity (Wildman–Crippen MR) is 83.2 cm³/mol. The van der Waals surface area contributed by atoms with E-state index in [0.29, 0.717) is 5.54 Å². The molecule has 0 N–H and O–H groups in total. The summed E-state index contributed by atoms with van der Waals surface area (Å²) in [6.07, 6.45) is 2.97. The highest BCUT2D eigenvalue weighted by Gasteiger charge is 2.53. The number of hydrogen-bond donors (Lipinski definition) is 0. The molecule has 1 aromatic heterocycles. The largest absolute Gasteiger partial charge is 0.353 e. The first-order valence-corrected chi connectivity index (χ1v) is 7.58. The molecule has 2 fully saturated rings. The molecule has 0 bridgehead atoms. The number of rotatable bonds is 3. The van der Waals surface area contributed by atoms with Gasteiger partial charge in [0.1, 0.15) is 12.1 Å². The summed E-state index contributed by atoms with van der Waals surface area (Å²) in [5, 5.41) is 0. The molecule has 0 unspecified atom stereocenters. The molecule has 1 aromatic carbocycles. The molecule has 3 heterocycles. The molecule has 2 saturated heterocycles. The molecule has 1 spiro atoms. The van der Waals surface area contributed by atoms with E-state index in [2.05, 4.69) is 56.2 Å². The average molecular weight is 280 g/mol. The summed E-state index contributed by atoms with van der Waals surface area (Å²) in [5.41, 5.74) is 2.83. The first kappa shape index (κ1) is 12.8. The van der Waals surface area contributed by atoms with Gasteiger partial charge in [-0.15, -0.1) is 0 Å². The number of hydrogen-bond acceptors (Lipinski definition) is 4. The van der Waals surface area contributed by atoms with Gasteiger partial charge in [-0.2, -0.15) is 0 Å². The van der Waals surface area contributed by atoms with Crippen molar-refractivity contribution in [2.75, 3.05) is 24.5 Å². The van der Waals surface area contributed by atoms with Crippen molar-refractivity contribution in [1.29, 1.82) is 0 Å². The van der Waals surface area contributed by atoms with E-state index >= 15 is 0 Å². The minimum atomic E-state index is 0.384. The van der Waals surface area contributed by atoms with E-state index in [-0.39, 0.29) is 0 Å². The summed E-state index contributed by atoms with van der Waals surface area (Å²) in [7, 11) is 0. The molecule has 4 heteroatoms. The maximum Gasteiger partial charge on any atom is 0.132 e. The Morgan fingerprint density at radius 1 is 1.14 bits per heavy atom. The van der Waals surface area contributed by atoms with Crippen molar-refractivity contribution in [3.63, 3.8) is 0 Å². The number of likely N-dealkylation sites (tertiary alicyclic amines) is 1. The normalized spacial score (nSPS) is 20.1. The van der Waals surface area contributed by atoms with Crippen molar-refractivity contribution < 1.29 is 0 Å². The van der Waals surface area contributed by atoms with Crippen molar-refractivity contribution in [2.24, 2.45) is 0 Å². The van der Waals surface area contributed by atoms with Gasteiger partial charge in [-0.05, 0) is 18.9 Å². The van der Waals surface area contributed by atoms with Gasteiger partial charge < -0.3 is 4.90 Å². The second kappa shape index (κ2) is 4.81. The topological polar surface area (TPSA) is 32.3 Å². The Morgan fingerprint density at radius 3 is 2.62 bits per heavy atom. The number of anilines is 1. The van der Waals surface area contributed by atoms with Gasteiger partial charge in [0.15, 0.2) is 0 Å². The van der Waals surface area contributed by atoms with Crippen LogP contribution >= 0.6 is 0 Å². The summed E-state index contributed by atoms with van der Waals surface area (Å²) in [4.78, 5) is 13.5. The smallest absolute Gasteiger partial charge is 0.132 e.